The van der Waals surface area contributed by atoms with Crippen LogP contribution in [0.3, 0.4) is 0 Å². The van der Waals surface area contributed by atoms with Crippen LogP contribution in [0.25, 0.3) is 9.69 Å². The zero-order valence-electron chi connectivity index (χ0n) is 5.79. The van der Waals surface area contributed by atoms with E-state index in [1.807, 2.05) is 0 Å². The molecule has 0 heterocycles. The van der Waals surface area contributed by atoms with Crippen molar-refractivity contribution in [2.45, 2.75) is 0 Å². The first kappa shape index (κ1) is 10.0. The molecule has 0 aliphatic carbocycles. The van der Waals surface area contributed by atoms with Crippen molar-refractivity contribution in [3.05, 3.63) is 39.1 Å². The average Bonchev–Trinajstić information content (AvgIpc) is 2.09. The third-order valence-electron chi connectivity index (χ3n) is 0.897. The average molecular weight is 174 g/mol. The van der Waals surface area contributed by atoms with Crippen LogP contribution in [-0.2, 0) is 0 Å². The molecule has 0 spiro atoms. The molecule has 0 amide bonds. The van der Waals surface area contributed by atoms with Gasteiger partial charge in [0.2, 0.25) is 0 Å². The van der Waals surface area contributed by atoms with Crippen molar-refractivity contribution >= 4 is 18.5 Å². The van der Waals surface area contributed by atoms with Gasteiger partial charge in [-0.1, -0.05) is 0 Å². The third kappa shape index (κ3) is 2.01. The van der Waals surface area contributed by atoms with E-state index in [4.69, 9.17) is 23.8 Å². The fourth-order valence-electron chi connectivity index (χ4n) is 0.383. The summed E-state index contributed by atoms with van der Waals surface area (Å²) in [6.45, 7) is 13.1. The van der Waals surface area contributed by atoms with E-state index < -0.39 is 0 Å². The molecule has 0 rings (SSSR count). The summed E-state index contributed by atoms with van der Waals surface area (Å²) in [6, 6.07) is 1.60. The van der Waals surface area contributed by atoms with Gasteiger partial charge in [-0.05, 0) is 5.87 Å². The van der Waals surface area contributed by atoms with Gasteiger partial charge in [0.1, 0.15) is 29.7 Å². The molecule has 0 saturated carbocycles. The molecular formula is C7H2N4S. The molecule has 0 aromatic heterocycles. The lowest BCUT2D eigenvalue weighted by Gasteiger charge is -1.85. The number of nitriles is 1. The number of hydrogen-bond donors (Lipinski definition) is 2. The van der Waals surface area contributed by atoms with E-state index in [0.717, 1.165) is 0 Å². The SMILES string of the molecule is [C-]#[N+]C([N+]#[C-])=C(S)C(=C=N)C#N. The number of hydrogen-bond acceptors (Lipinski definition) is 3. The Balaban J connectivity index is 5.40. The highest BCUT2D eigenvalue weighted by Crippen LogP contribution is 2.18. The van der Waals surface area contributed by atoms with Crippen LogP contribution in [0.2, 0.25) is 0 Å². The lowest BCUT2D eigenvalue weighted by atomic mass is 10.3. The van der Waals surface area contributed by atoms with Crippen LogP contribution in [0.1, 0.15) is 0 Å². The molecule has 5 heteroatoms. The molecule has 0 bridgehead atoms. The summed E-state index contributed by atoms with van der Waals surface area (Å²) in [7, 11) is 0. The highest BCUT2D eigenvalue weighted by Gasteiger charge is 2.14. The largest absolute Gasteiger partial charge is 0.534 e. The minimum atomic E-state index is -0.324. The first-order valence-corrected chi connectivity index (χ1v) is 3.04. The molecule has 0 aromatic rings. The van der Waals surface area contributed by atoms with Crippen molar-refractivity contribution in [3.63, 3.8) is 0 Å². The van der Waals surface area contributed by atoms with E-state index in [1.54, 1.807) is 11.9 Å². The maximum absolute atomic E-state index is 8.38. The molecule has 0 aromatic carbocycles. The highest BCUT2D eigenvalue weighted by atomic mass is 32.1. The van der Waals surface area contributed by atoms with Crippen molar-refractivity contribution in [1.29, 1.82) is 10.7 Å². The van der Waals surface area contributed by atoms with Gasteiger partial charge in [0.05, 0.1) is 0 Å². The van der Waals surface area contributed by atoms with E-state index in [-0.39, 0.29) is 16.3 Å². The first-order valence-electron chi connectivity index (χ1n) is 2.59. The molecule has 1 N–H and O–H groups in total. The summed E-state index contributed by atoms with van der Waals surface area (Å²) in [5.74, 6) is 1.46. The van der Waals surface area contributed by atoms with Gasteiger partial charge < -0.3 is 0 Å². The molecule has 0 fully saturated rings. The predicted molar refractivity (Wildman–Crippen MR) is 46.1 cm³/mol. The van der Waals surface area contributed by atoms with Crippen LogP contribution >= 0.6 is 12.6 Å². The van der Waals surface area contributed by atoms with Gasteiger partial charge >= 0.3 is 5.82 Å². The molecule has 12 heavy (non-hydrogen) atoms. The summed E-state index contributed by atoms with van der Waals surface area (Å²) in [4.78, 5) is 5.55. The molecule has 0 saturated heterocycles. The summed E-state index contributed by atoms with van der Waals surface area (Å²) in [5.41, 5.74) is -0.208. The van der Waals surface area contributed by atoms with E-state index in [9.17, 15) is 0 Å². The molecule has 0 radical (unpaired) electrons. The highest BCUT2D eigenvalue weighted by molar-refractivity contribution is 7.84. The molecule has 0 unspecified atom stereocenters. The molecule has 4 nitrogen and oxygen atoms in total. The summed E-state index contributed by atoms with van der Waals surface area (Å²) >= 11 is 3.75. The third-order valence-corrected chi connectivity index (χ3v) is 1.32. The predicted octanol–water partition coefficient (Wildman–Crippen LogP) is 1.62. The van der Waals surface area contributed by atoms with Gasteiger partial charge in [0.15, 0.2) is 0 Å². The molecule has 56 valence electrons. The molecule has 0 atom stereocenters. The second-order valence-corrected chi connectivity index (χ2v) is 1.95. The van der Waals surface area contributed by atoms with Gasteiger partial charge in [-0.25, -0.2) is 0 Å². The number of thiol groups is 1. The lowest BCUT2D eigenvalue weighted by Crippen LogP contribution is -1.82. The second kappa shape index (κ2) is 4.77. The van der Waals surface area contributed by atoms with Crippen molar-refractivity contribution in [1.82, 2.24) is 0 Å². The van der Waals surface area contributed by atoms with Crippen molar-refractivity contribution in [3.8, 4) is 6.07 Å². The first-order chi connectivity index (χ1) is 5.71. The van der Waals surface area contributed by atoms with Crippen molar-refractivity contribution < 1.29 is 0 Å². The minimum Gasteiger partial charge on any atom is -0.258 e. The maximum Gasteiger partial charge on any atom is 0.534 e. The van der Waals surface area contributed by atoms with Gasteiger partial charge in [-0.3, -0.25) is 5.41 Å². The van der Waals surface area contributed by atoms with Crippen LogP contribution in [-0.4, -0.2) is 5.87 Å². The lowest BCUT2D eigenvalue weighted by molar-refractivity contribution is 1.48. The second-order valence-electron chi connectivity index (χ2n) is 1.51. The standard InChI is InChI=1S/C7H2N4S/c1-10-7(11-2)6(12)5(3-8)4-9/h8,12H. The number of nitrogens with zero attached hydrogens (tertiary/aromatic N) is 3. The quantitative estimate of drug-likeness (QED) is 0.205. The van der Waals surface area contributed by atoms with Crippen molar-refractivity contribution in [2.75, 3.05) is 0 Å². The number of rotatable bonds is 1. The zero-order chi connectivity index (χ0) is 9.56. The molecule has 0 aliphatic rings. The summed E-state index contributed by atoms with van der Waals surface area (Å²) in [5, 5.41) is 15.0. The number of nitrogens with one attached hydrogen (secondary N) is 1. The Morgan fingerprint density at radius 2 is 1.92 bits per heavy atom. The Kier molecular flexibility index (Phi) is 3.98. The van der Waals surface area contributed by atoms with Crippen LogP contribution in [0, 0.1) is 29.9 Å². The Morgan fingerprint density at radius 1 is 1.42 bits per heavy atom. The minimum absolute atomic E-state index is 0.0995. The van der Waals surface area contributed by atoms with E-state index >= 15 is 0 Å². The zero-order valence-corrected chi connectivity index (χ0v) is 6.68. The van der Waals surface area contributed by atoms with Gasteiger partial charge in [-0.2, -0.15) is 15.0 Å². The van der Waals surface area contributed by atoms with E-state index in [0.29, 0.717) is 0 Å². The van der Waals surface area contributed by atoms with Gasteiger partial charge in [0, 0.05) is 0 Å². The fourth-order valence-corrected chi connectivity index (χ4v) is 0.589. The van der Waals surface area contributed by atoms with E-state index in [1.165, 1.54) is 0 Å². The smallest absolute Gasteiger partial charge is 0.258 e. The summed E-state index contributed by atoms with van der Waals surface area (Å²) in [6.07, 6.45) is 0. The molecule has 0 aliphatic heterocycles. The van der Waals surface area contributed by atoms with Gasteiger partial charge in [0.25, 0.3) is 0 Å². The Bertz CT molecular complexity index is 377. The monoisotopic (exact) mass is 174 g/mol. The summed E-state index contributed by atoms with van der Waals surface area (Å²) < 4.78 is 0. The Morgan fingerprint density at radius 3 is 2.17 bits per heavy atom. The van der Waals surface area contributed by atoms with Crippen molar-refractivity contribution in [2.24, 2.45) is 0 Å². The Hall–Kier alpha value is -1.99. The Labute approximate surface area is 75.0 Å². The van der Waals surface area contributed by atoms with Gasteiger partial charge in [-0.15, -0.1) is 12.6 Å². The molecular weight excluding hydrogens is 172 g/mol. The van der Waals surface area contributed by atoms with Crippen LogP contribution in [0.15, 0.2) is 16.3 Å². The maximum atomic E-state index is 8.38. The topological polar surface area (TPSA) is 56.4 Å². The normalized spacial score (nSPS) is 6.50. The fraction of sp³-hybridized carbons (Fsp3) is 0. The van der Waals surface area contributed by atoms with Crippen LogP contribution in [0.5, 0.6) is 0 Å². The van der Waals surface area contributed by atoms with Crippen LogP contribution in [0.4, 0.5) is 0 Å². The number of allylic oxidation sites excluding steroid dienone is 1. The van der Waals surface area contributed by atoms with Crippen LogP contribution < -0.4 is 0 Å². The van der Waals surface area contributed by atoms with E-state index in [2.05, 4.69) is 22.3 Å².